The van der Waals surface area contributed by atoms with E-state index < -0.39 is 97.7 Å². The van der Waals surface area contributed by atoms with Crippen LogP contribution in [0.3, 0.4) is 0 Å². The third kappa shape index (κ3) is 8.08. The van der Waals surface area contributed by atoms with E-state index in [1.54, 1.807) is 24.3 Å². The number of aliphatic hydroxyl groups excluding tert-OH is 2. The molecule has 64 heavy (non-hydrogen) atoms. The summed E-state index contributed by atoms with van der Waals surface area (Å²) >= 11 is 0. The molecule has 3 heterocycles. The van der Waals surface area contributed by atoms with E-state index in [0.29, 0.717) is 24.8 Å². The number of benzene rings is 4. The van der Waals surface area contributed by atoms with E-state index in [2.05, 4.69) is 18.4 Å². The second-order valence-electron chi connectivity index (χ2n) is 14.3. The number of fused-ring (bicyclic) bond motifs is 2. The minimum atomic E-state index is -1.71. The number of terminal acetylenes is 2. The molecule has 0 saturated carbocycles. The number of nitrogens with zero attached hydrogens (tertiary/aromatic N) is 5. The Morgan fingerprint density at radius 3 is 1.28 bits per heavy atom. The van der Waals surface area contributed by atoms with Gasteiger partial charge in [0.25, 0.3) is 23.6 Å². The Hall–Kier alpha value is -8.71. The fourth-order valence-electron chi connectivity index (χ4n) is 6.94. The Kier molecular flexibility index (Phi) is 12.0. The first-order valence-corrected chi connectivity index (χ1v) is 19.1. The van der Waals surface area contributed by atoms with Gasteiger partial charge in [0.2, 0.25) is 0 Å². The maximum Gasteiger partial charge on any atom is 0.338 e. The first kappa shape index (κ1) is 43.4. The number of anilines is 2. The summed E-state index contributed by atoms with van der Waals surface area (Å²) in [5, 5.41) is 21.6. The molecule has 0 fully saturated rings. The fraction of sp³-hybridized carbons (Fsp3) is 0.152. The van der Waals surface area contributed by atoms with Gasteiger partial charge in [-0.1, -0.05) is 17.9 Å². The van der Waals surface area contributed by atoms with Crippen molar-refractivity contribution in [2.75, 3.05) is 23.0 Å². The van der Waals surface area contributed by atoms with E-state index in [1.807, 2.05) is 0 Å². The Balaban J connectivity index is 0.996. The second-order valence-corrected chi connectivity index (χ2v) is 14.3. The standard InChI is InChI=1S/C46H33N5O13/c1-4-19-47-44(60)48(22-32(52)24-63-42(58)28-11-17-34-36(20-28)40(56)50(38(34)54)30-13-7-26(5-2)8-14-30)46(62)49(45(47)61)23-33(53)25-64-43(59)29-12-18-35-37(21-29)41(57)51(39(35)55)31-15-9-27(6-3)10-16-31/h2-4,7-18,20-21,32-33,52-53H,1,19,22-25H2. The monoisotopic (exact) mass is 863 g/mol. The molecule has 0 radical (unpaired) electrons. The molecule has 320 valence electrons. The minimum Gasteiger partial charge on any atom is -0.459 e. The summed E-state index contributed by atoms with van der Waals surface area (Å²) in [5.41, 5.74) is -2.42. The number of allylic oxidation sites excluding steroid dienone is 1. The predicted molar refractivity (Wildman–Crippen MR) is 226 cm³/mol. The van der Waals surface area contributed by atoms with E-state index >= 15 is 0 Å². The number of amides is 4. The van der Waals surface area contributed by atoms with Crippen LogP contribution in [-0.2, 0) is 29.1 Å². The van der Waals surface area contributed by atoms with Crippen LogP contribution in [0.15, 0.2) is 112 Å². The minimum absolute atomic E-state index is 0.0312. The molecule has 2 aliphatic heterocycles. The average Bonchev–Trinajstić information content (AvgIpc) is 3.71. The van der Waals surface area contributed by atoms with Gasteiger partial charge in [-0.3, -0.25) is 19.2 Å². The summed E-state index contributed by atoms with van der Waals surface area (Å²) in [5.74, 6) is 0.169. The molecule has 2 aliphatic rings. The summed E-state index contributed by atoms with van der Waals surface area (Å²) < 4.78 is 11.9. The molecular weight excluding hydrogens is 831 g/mol. The van der Waals surface area contributed by atoms with Gasteiger partial charge in [0.05, 0.1) is 64.4 Å². The SMILES string of the molecule is C#Cc1ccc(N2C(=O)c3ccc(C(=O)OCC(O)Cn4c(=O)n(CC=C)c(=O)n(CC(O)COC(=O)c5ccc6c(c5)C(=O)N(c5ccc(C#C)cc5)C6=O)c4=O)cc3C2=O)cc1. The van der Waals surface area contributed by atoms with Gasteiger partial charge in [-0.25, -0.2) is 47.5 Å². The van der Waals surface area contributed by atoms with Crippen LogP contribution in [0.2, 0.25) is 0 Å². The number of ether oxygens (including phenoxy) is 2. The van der Waals surface area contributed by atoms with Gasteiger partial charge in [-0.05, 0) is 84.9 Å². The lowest BCUT2D eigenvalue weighted by Gasteiger charge is -2.18. The highest BCUT2D eigenvalue weighted by Crippen LogP contribution is 2.31. The Bertz CT molecular complexity index is 2890. The normalized spacial score (nSPS) is 13.8. The third-order valence-corrected chi connectivity index (χ3v) is 10.1. The highest BCUT2D eigenvalue weighted by atomic mass is 16.5. The number of hydrogen-bond donors (Lipinski definition) is 2. The van der Waals surface area contributed by atoms with Gasteiger partial charge < -0.3 is 19.7 Å². The van der Waals surface area contributed by atoms with Crippen LogP contribution in [0.4, 0.5) is 11.4 Å². The van der Waals surface area contributed by atoms with Gasteiger partial charge in [0, 0.05) is 11.1 Å². The van der Waals surface area contributed by atoms with Gasteiger partial charge in [-0.2, -0.15) is 0 Å². The Morgan fingerprint density at radius 2 is 0.922 bits per heavy atom. The lowest BCUT2D eigenvalue weighted by molar-refractivity contribution is 0.0189. The van der Waals surface area contributed by atoms with Crippen molar-refractivity contribution in [1.29, 1.82) is 0 Å². The van der Waals surface area contributed by atoms with Crippen molar-refractivity contribution in [3.8, 4) is 24.7 Å². The molecule has 0 saturated heterocycles. The molecular formula is C46H33N5O13. The van der Waals surface area contributed by atoms with Crippen molar-refractivity contribution in [3.05, 3.63) is 174 Å². The number of hydrogen-bond acceptors (Lipinski definition) is 13. The van der Waals surface area contributed by atoms with E-state index in [4.69, 9.17) is 22.3 Å². The number of carbonyl (C=O) groups excluding carboxylic acids is 6. The summed E-state index contributed by atoms with van der Waals surface area (Å²) in [7, 11) is 0. The maximum absolute atomic E-state index is 13.5. The van der Waals surface area contributed by atoms with Gasteiger partial charge in [0.15, 0.2) is 0 Å². The quantitative estimate of drug-likeness (QED) is 0.0696. The molecule has 7 rings (SSSR count). The fourth-order valence-corrected chi connectivity index (χ4v) is 6.94. The second kappa shape index (κ2) is 17.7. The molecule has 18 heteroatoms. The smallest absolute Gasteiger partial charge is 0.338 e. The molecule has 2 unspecified atom stereocenters. The van der Waals surface area contributed by atoms with E-state index in [1.165, 1.54) is 54.6 Å². The summed E-state index contributed by atoms with van der Waals surface area (Å²) in [6, 6.07) is 19.6. The largest absolute Gasteiger partial charge is 0.459 e. The highest BCUT2D eigenvalue weighted by Gasteiger charge is 2.39. The number of esters is 2. The zero-order valence-corrected chi connectivity index (χ0v) is 33.3. The van der Waals surface area contributed by atoms with Crippen LogP contribution in [0.25, 0.3) is 0 Å². The molecule has 4 aromatic carbocycles. The first-order valence-electron chi connectivity index (χ1n) is 19.1. The lowest BCUT2D eigenvalue weighted by Crippen LogP contribution is -2.56. The average molecular weight is 864 g/mol. The Morgan fingerprint density at radius 1 is 0.562 bits per heavy atom. The molecule has 5 aromatic rings. The van der Waals surface area contributed by atoms with Gasteiger partial charge >= 0.3 is 29.0 Å². The summed E-state index contributed by atoms with van der Waals surface area (Å²) in [4.78, 5) is 120. The van der Waals surface area contributed by atoms with Gasteiger partial charge in [-0.15, -0.1) is 19.4 Å². The highest BCUT2D eigenvalue weighted by molar-refractivity contribution is 6.35. The molecule has 2 atom stereocenters. The Labute approximate surface area is 361 Å². The number of imide groups is 2. The number of aliphatic hydroxyl groups is 2. The van der Waals surface area contributed by atoms with Crippen LogP contribution < -0.4 is 26.9 Å². The molecule has 1 aromatic heterocycles. The number of rotatable bonds is 14. The van der Waals surface area contributed by atoms with Crippen molar-refractivity contribution in [1.82, 2.24) is 13.7 Å². The maximum atomic E-state index is 13.5. The molecule has 4 amide bonds. The van der Waals surface area contributed by atoms with E-state index in [0.717, 1.165) is 21.9 Å². The van der Waals surface area contributed by atoms with Crippen LogP contribution in [-0.4, -0.2) is 84.9 Å². The van der Waals surface area contributed by atoms with Crippen molar-refractivity contribution in [3.63, 3.8) is 0 Å². The summed E-state index contributed by atoms with van der Waals surface area (Å²) in [6.45, 7) is -0.0444. The van der Waals surface area contributed by atoms with Gasteiger partial charge in [0.1, 0.15) is 25.4 Å². The summed E-state index contributed by atoms with van der Waals surface area (Å²) in [6.07, 6.45) is 8.54. The molecule has 2 N–H and O–H groups in total. The van der Waals surface area contributed by atoms with E-state index in [9.17, 15) is 53.4 Å². The third-order valence-electron chi connectivity index (χ3n) is 10.1. The van der Waals surface area contributed by atoms with Crippen LogP contribution in [0.5, 0.6) is 0 Å². The lowest BCUT2D eigenvalue weighted by atomic mass is 10.1. The zero-order valence-electron chi connectivity index (χ0n) is 33.3. The topological polar surface area (TPSA) is 234 Å². The zero-order chi connectivity index (χ0) is 46.0. The molecule has 0 bridgehead atoms. The van der Waals surface area contributed by atoms with Crippen LogP contribution in [0, 0.1) is 24.7 Å². The first-order chi connectivity index (χ1) is 30.7. The van der Waals surface area contributed by atoms with Crippen LogP contribution >= 0.6 is 0 Å². The van der Waals surface area contributed by atoms with Crippen molar-refractivity contribution < 1.29 is 48.5 Å². The molecule has 18 nitrogen and oxygen atoms in total. The number of carbonyl (C=O) groups is 6. The molecule has 0 aliphatic carbocycles. The van der Waals surface area contributed by atoms with Crippen molar-refractivity contribution in [2.45, 2.75) is 31.8 Å². The van der Waals surface area contributed by atoms with E-state index in [-0.39, 0.29) is 44.8 Å². The van der Waals surface area contributed by atoms with Crippen LogP contribution in [0.1, 0.15) is 73.3 Å². The number of aromatic nitrogens is 3. The van der Waals surface area contributed by atoms with Crippen molar-refractivity contribution in [2.24, 2.45) is 0 Å². The van der Waals surface area contributed by atoms with Crippen molar-refractivity contribution >= 4 is 46.9 Å². The molecule has 0 spiro atoms. The predicted octanol–water partition coefficient (Wildman–Crippen LogP) is 1.36.